The molecule has 3 N–H and O–H groups in total. The second-order valence-electron chi connectivity index (χ2n) is 4.26. The molecule has 0 bridgehead atoms. The van der Waals surface area contributed by atoms with Crippen molar-refractivity contribution in [3.8, 4) is 0 Å². The molecule has 0 saturated heterocycles. The van der Waals surface area contributed by atoms with Crippen molar-refractivity contribution >= 4 is 17.7 Å². The Morgan fingerprint density at radius 1 is 1.50 bits per heavy atom. The fraction of sp³-hybridized carbons (Fsp3) is 0.417. The van der Waals surface area contributed by atoms with Gasteiger partial charge in [0.1, 0.15) is 0 Å². The number of hydrogen-bond donors (Lipinski definition) is 2. The van der Waals surface area contributed by atoms with Crippen molar-refractivity contribution in [2.24, 2.45) is 5.73 Å². The van der Waals surface area contributed by atoms with Crippen molar-refractivity contribution in [3.63, 3.8) is 0 Å². The van der Waals surface area contributed by atoms with Crippen molar-refractivity contribution in [2.45, 2.75) is 29.2 Å². The molecule has 16 heavy (non-hydrogen) atoms. The number of benzene rings is 1. The Morgan fingerprint density at radius 3 is 2.62 bits per heavy atom. The van der Waals surface area contributed by atoms with E-state index in [4.69, 9.17) is 5.73 Å². The van der Waals surface area contributed by atoms with Crippen LogP contribution in [-0.2, 0) is 10.2 Å². The standard InChI is InChI=1S/C12H15NO2S/c1-16-10-5-3-2-4-9(10)12(11(14)15)6-8(13)7-12/h2-5,8H,6-7,13H2,1H3,(H,14,15). The number of carboxylic acid groups (broad SMARTS) is 1. The molecular formula is C12H15NO2S. The van der Waals surface area contributed by atoms with Gasteiger partial charge in [0.05, 0.1) is 5.41 Å². The third kappa shape index (κ3) is 1.62. The maximum absolute atomic E-state index is 11.5. The molecule has 1 saturated carbocycles. The van der Waals surface area contributed by atoms with Gasteiger partial charge in [0.25, 0.3) is 0 Å². The third-order valence-electron chi connectivity index (χ3n) is 3.25. The molecule has 0 radical (unpaired) electrons. The molecule has 0 aromatic heterocycles. The summed E-state index contributed by atoms with van der Waals surface area (Å²) in [5, 5.41) is 9.41. The van der Waals surface area contributed by atoms with Gasteiger partial charge in [-0.15, -0.1) is 11.8 Å². The molecular weight excluding hydrogens is 222 g/mol. The van der Waals surface area contributed by atoms with Crippen LogP contribution in [0.1, 0.15) is 18.4 Å². The van der Waals surface area contributed by atoms with Gasteiger partial charge in [-0.05, 0) is 30.7 Å². The smallest absolute Gasteiger partial charge is 0.314 e. The van der Waals surface area contributed by atoms with Crippen molar-refractivity contribution in [3.05, 3.63) is 29.8 Å². The molecule has 1 aliphatic rings. The Bertz CT molecular complexity index is 413. The Hall–Kier alpha value is -1.00. The maximum atomic E-state index is 11.5. The molecule has 0 spiro atoms. The summed E-state index contributed by atoms with van der Waals surface area (Å²) in [6, 6.07) is 7.72. The summed E-state index contributed by atoms with van der Waals surface area (Å²) in [4.78, 5) is 12.5. The van der Waals surface area contributed by atoms with Gasteiger partial charge < -0.3 is 10.8 Å². The molecule has 2 rings (SSSR count). The van der Waals surface area contributed by atoms with Gasteiger partial charge in [-0.25, -0.2) is 0 Å². The van der Waals surface area contributed by atoms with E-state index < -0.39 is 11.4 Å². The fourth-order valence-electron chi connectivity index (χ4n) is 2.39. The number of nitrogens with two attached hydrogens (primary N) is 1. The maximum Gasteiger partial charge on any atom is 0.314 e. The van der Waals surface area contributed by atoms with Crippen LogP contribution in [0.5, 0.6) is 0 Å². The number of thioether (sulfide) groups is 1. The molecule has 1 aromatic rings. The molecule has 1 aromatic carbocycles. The predicted octanol–water partition coefficient (Wildman–Crippen LogP) is 1.85. The molecule has 0 atom stereocenters. The number of carboxylic acids is 1. The largest absolute Gasteiger partial charge is 0.481 e. The lowest BCUT2D eigenvalue weighted by Crippen LogP contribution is -2.54. The Morgan fingerprint density at radius 2 is 2.12 bits per heavy atom. The first-order chi connectivity index (χ1) is 7.60. The van der Waals surface area contributed by atoms with Crippen LogP contribution in [0.4, 0.5) is 0 Å². The lowest BCUT2D eigenvalue weighted by molar-refractivity contribution is -0.148. The molecule has 86 valence electrons. The zero-order valence-electron chi connectivity index (χ0n) is 9.14. The molecule has 0 heterocycles. The molecule has 0 unspecified atom stereocenters. The number of aliphatic carboxylic acids is 1. The van der Waals surface area contributed by atoms with Crippen molar-refractivity contribution in [2.75, 3.05) is 6.26 Å². The van der Waals surface area contributed by atoms with Crippen LogP contribution in [0.25, 0.3) is 0 Å². The molecule has 1 fully saturated rings. The summed E-state index contributed by atoms with van der Waals surface area (Å²) in [7, 11) is 0. The van der Waals surface area contributed by atoms with Crippen molar-refractivity contribution < 1.29 is 9.90 Å². The first-order valence-electron chi connectivity index (χ1n) is 5.22. The zero-order chi connectivity index (χ0) is 11.8. The summed E-state index contributed by atoms with van der Waals surface area (Å²) >= 11 is 1.59. The van der Waals surface area contributed by atoms with E-state index in [9.17, 15) is 9.90 Å². The summed E-state index contributed by atoms with van der Waals surface area (Å²) in [6.07, 6.45) is 3.05. The Kier molecular flexibility index (Phi) is 2.95. The van der Waals surface area contributed by atoms with Gasteiger partial charge in [-0.2, -0.15) is 0 Å². The van der Waals surface area contributed by atoms with Crippen LogP contribution in [0.3, 0.4) is 0 Å². The Balaban J connectivity index is 2.44. The number of hydrogen-bond acceptors (Lipinski definition) is 3. The first-order valence-corrected chi connectivity index (χ1v) is 6.45. The Labute approximate surface area is 99.0 Å². The summed E-state index contributed by atoms with van der Waals surface area (Å²) in [5.41, 5.74) is 5.91. The number of carbonyl (C=O) groups is 1. The first kappa shape index (κ1) is 11.5. The van der Waals surface area contributed by atoms with Crippen LogP contribution < -0.4 is 5.73 Å². The molecule has 0 amide bonds. The molecule has 4 heteroatoms. The van der Waals surface area contributed by atoms with Crippen LogP contribution in [0.2, 0.25) is 0 Å². The van der Waals surface area contributed by atoms with E-state index in [2.05, 4.69) is 0 Å². The quantitative estimate of drug-likeness (QED) is 0.788. The van der Waals surface area contributed by atoms with Crippen LogP contribution in [0.15, 0.2) is 29.2 Å². The lowest BCUT2D eigenvalue weighted by atomic mass is 9.62. The van der Waals surface area contributed by atoms with E-state index in [0.717, 1.165) is 10.5 Å². The average molecular weight is 237 g/mol. The highest BCUT2D eigenvalue weighted by Crippen LogP contribution is 2.46. The van der Waals surface area contributed by atoms with Crippen molar-refractivity contribution in [1.29, 1.82) is 0 Å². The van der Waals surface area contributed by atoms with Gasteiger partial charge in [-0.3, -0.25) is 4.79 Å². The highest BCUT2D eigenvalue weighted by atomic mass is 32.2. The zero-order valence-corrected chi connectivity index (χ0v) is 9.96. The van der Waals surface area contributed by atoms with Crippen LogP contribution >= 0.6 is 11.8 Å². The minimum Gasteiger partial charge on any atom is -0.481 e. The van der Waals surface area contributed by atoms with Gasteiger partial charge in [0.2, 0.25) is 0 Å². The van der Waals surface area contributed by atoms with Gasteiger partial charge in [0, 0.05) is 10.9 Å². The monoisotopic (exact) mass is 237 g/mol. The van der Waals surface area contributed by atoms with E-state index in [-0.39, 0.29) is 6.04 Å². The van der Waals surface area contributed by atoms with Gasteiger partial charge in [-0.1, -0.05) is 18.2 Å². The highest BCUT2D eigenvalue weighted by Gasteiger charge is 2.51. The van der Waals surface area contributed by atoms with Crippen molar-refractivity contribution in [1.82, 2.24) is 0 Å². The molecule has 1 aliphatic carbocycles. The van der Waals surface area contributed by atoms with E-state index in [1.165, 1.54) is 0 Å². The SMILES string of the molecule is CSc1ccccc1C1(C(=O)O)CC(N)C1. The van der Waals surface area contributed by atoms with E-state index in [0.29, 0.717) is 12.8 Å². The number of rotatable bonds is 3. The van der Waals surface area contributed by atoms with Gasteiger partial charge in [0.15, 0.2) is 0 Å². The van der Waals surface area contributed by atoms with Crippen LogP contribution in [-0.4, -0.2) is 23.4 Å². The fourth-order valence-corrected chi connectivity index (χ4v) is 3.08. The average Bonchev–Trinajstić information content (AvgIpc) is 2.24. The van der Waals surface area contributed by atoms with E-state index in [1.807, 2.05) is 30.5 Å². The summed E-state index contributed by atoms with van der Waals surface area (Å²) in [6.45, 7) is 0. The summed E-state index contributed by atoms with van der Waals surface area (Å²) in [5.74, 6) is -0.754. The molecule has 3 nitrogen and oxygen atoms in total. The predicted molar refractivity (Wildman–Crippen MR) is 64.7 cm³/mol. The second-order valence-corrected chi connectivity index (χ2v) is 5.10. The van der Waals surface area contributed by atoms with E-state index in [1.54, 1.807) is 11.8 Å². The minimum absolute atomic E-state index is 0.0195. The summed E-state index contributed by atoms with van der Waals surface area (Å²) < 4.78 is 0. The topological polar surface area (TPSA) is 63.3 Å². The normalized spacial score (nSPS) is 28.5. The second kappa shape index (κ2) is 4.11. The lowest BCUT2D eigenvalue weighted by Gasteiger charge is -2.43. The van der Waals surface area contributed by atoms with Crippen LogP contribution in [0, 0.1) is 0 Å². The minimum atomic E-state index is -0.754. The molecule has 0 aliphatic heterocycles. The van der Waals surface area contributed by atoms with E-state index >= 15 is 0 Å². The third-order valence-corrected chi connectivity index (χ3v) is 4.05. The van der Waals surface area contributed by atoms with Gasteiger partial charge >= 0.3 is 5.97 Å². The highest BCUT2D eigenvalue weighted by molar-refractivity contribution is 7.98.